The molecule has 0 bridgehead atoms. The monoisotopic (exact) mass is 287 g/mol. The lowest BCUT2D eigenvalue weighted by Gasteiger charge is -2.10. The smallest absolute Gasteiger partial charge is 0.251 e. The van der Waals surface area contributed by atoms with Crippen LogP contribution in [0, 0.1) is 0 Å². The van der Waals surface area contributed by atoms with E-state index in [0.29, 0.717) is 16.9 Å². The minimum absolute atomic E-state index is 0.200. The number of hydrogen-bond donors (Lipinski definition) is 2. The molecule has 0 saturated carbocycles. The van der Waals surface area contributed by atoms with Gasteiger partial charge in [0.25, 0.3) is 5.91 Å². The Kier molecular flexibility index (Phi) is 2.80. The second-order valence-corrected chi connectivity index (χ2v) is 4.66. The number of amides is 1. The summed E-state index contributed by atoms with van der Waals surface area (Å²) in [6, 6.07) is 10.3. The minimum Gasteiger partial charge on any atom is -0.399 e. The van der Waals surface area contributed by atoms with Gasteiger partial charge in [-0.15, -0.1) is 5.10 Å². The maximum atomic E-state index is 11.6. The molecule has 1 heterocycles. The fourth-order valence-electron chi connectivity index (χ4n) is 2.06. The maximum Gasteiger partial charge on any atom is 0.251 e. The number of para-hydroxylation sites is 1. The van der Waals surface area contributed by atoms with E-state index in [1.807, 2.05) is 24.3 Å². The third-order valence-electron chi connectivity index (χ3n) is 2.91. The van der Waals surface area contributed by atoms with Crippen LogP contribution in [0.25, 0.3) is 16.7 Å². The lowest BCUT2D eigenvalue weighted by molar-refractivity contribution is 0.1000. The summed E-state index contributed by atoms with van der Waals surface area (Å²) in [5.74, 6) is -0.631. The maximum absolute atomic E-state index is 11.6. The molecule has 0 fully saturated rings. The normalized spacial score (nSPS) is 10.8. The van der Waals surface area contributed by atoms with Crippen molar-refractivity contribution in [2.75, 3.05) is 5.73 Å². The first kappa shape index (κ1) is 12.4. The van der Waals surface area contributed by atoms with Crippen LogP contribution in [0.4, 0.5) is 5.69 Å². The SMILES string of the molecule is NC(=O)c1cc(N)cc(Cl)c1-n1nnc2ccccc21. The molecule has 0 aliphatic heterocycles. The van der Waals surface area contributed by atoms with Crippen LogP contribution in [-0.4, -0.2) is 20.9 Å². The highest BCUT2D eigenvalue weighted by atomic mass is 35.5. The van der Waals surface area contributed by atoms with E-state index in [0.717, 1.165) is 5.52 Å². The molecular weight excluding hydrogens is 278 g/mol. The molecule has 3 aromatic rings. The number of fused-ring (bicyclic) bond motifs is 1. The molecular formula is C13H10ClN5O. The van der Waals surface area contributed by atoms with Gasteiger partial charge in [0, 0.05) is 5.69 Å². The van der Waals surface area contributed by atoms with Crippen molar-refractivity contribution in [3.8, 4) is 5.69 Å². The summed E-state index contributed by atoms with van der Waals surface area (Å²) in [6.45, 7) is 0. The Morgan fingerprint density at radius 1 is 1.25 bits per heavy atom. The van der Waals surface area contributed by atoms with E-state index in [-0.39, 0.29) is 10.6 Å². The van der Waals surface area contributed by atoms with Gasteiger partial charge in [-0.05, 0) is 24.3 Å². The van der Waals surface area contributed by atoms with Gasteiger partial charge in [-0.2, -0.15) is 0 Å². The summed E-state index contributed by atoms with van der Waals surface area (Å²) < 4.78 is 1.48. The Labute approximate surface area is 118 Å². The predicted molar refractivity (Wildman–Crippen MR) is 76.8 cm³/mol. The fraction of sp³-hybridized carbons (Fsp3) is 0. The summed E-state index contributed by atoms with van der Waals surface area (Å²) in [4.78, 5) is 11.6. The molecule has 0 unspecified atom stereocenters. The summed E-state index contributed by atoms with van der Waals surface area (Å²) in [6.07, 6.45) is 0. The van der Waals surface area contributed by atoms with Gasteiger partial charge in [0.1, 0.15) is 5.52 Å². The van der Waals surface area contributed by atoms with Crippen molar-refractivity contribution in [2.45, 2.75) is 0 Å². The van der Waals surface area contributed by atoms with Crippen molar-refractivity contribution in [3.05, 3.63) is 47.0 Å². The Morgan fingerprint density at radius 2 is 2.00 bits per heavy atom. The van der Waals surface area contributed by atoms with Crippen LogP contribution in [0.2, 0.25) is 5.02 Å². The lowest BCUT2D eigenvalue weighted by Crippen LogP contribution is -2.16. The molecule has 0 atom stereocenters. The summed E-state index contributed by atoms with van der Waals surface area (Å²) in [5, 5.41) is 8.35. The second-order valence-electron chi connectivity index (χ2n) is 4.25. The molecule has 3 rings (SSSR count). The minimum atomic E-state index is -0.631. The Morgan fingerprint density at radius 3 is 2.75 bits per heavy atom. The van der Waals surface area contributed by atoms with Crippen LogP contribution >= 0.6 is 11.6 Å². The molecule has 20 heavy (non-hydrogen) atoms. The van der Waals surface area contributed by atoms with E-state index < -0.39 is 5.91 Å². The Bertz CT molecular complexity index is 827. The number of aromatic nitrogens is 3. The summed E-state index contributed by atoms with van der Waals surface area (Å²) in [7, 11) is 0. The highest BCUT2D eigenvalue weighted by molar-refractivity contribution is 6.33. The number of benzene rings is 2. The highest BCUT2D eigenvalue weighted by Gasteiger charge is 2.18. The highest BCUT2D eigenvalue weighted by Crippen LogP contribution is 2.29. The third-order valence-corrected chi connectivity index (χ3v) is 3.20. The van der Waals surface area contributed by atoms with Crippen molar-refractivity contribution >= 4 is 34.2 Å². The molecule has 4 N–H and O–H groups in total. The largest absolute Gasteiger partial charge is 0.399 e. The van der Waals surface area contributed by atoms with Crippen LogP contribution in [0.15, 0.2) is 36.4 Å². The molecule has 7 heteroatoms. The molecule has 0 saturated heterocycles. The molecule has 0 aliphatic carbocycles. The van der Waals surface area contributed by atoms with E-state index in [4.69, 9.17) is 23.1 Å². The van der Waals surface area contributed by atoms with Crippen molar-refractivity contribution in [3.63, 3.8) is 0 Å². The molecule has 0 radical (unpaired) electrons. The van der Waals surface area contributed by atoms with Gasteiger partial charge in [-0.25, -0.2) is 4.68 Å². The average Bonchev–Trinajstić information content (AvgIpc) is 2.81. The van der Waals surface area contributed by atoms with Crippen LogP contribution in [-0.2, 0) is 0 Å². The molecule has 2 aromatic carbocycles. The van der Waals surface area contributed by atoms with Crippen molar-refractivity contribution in [1.82, 2.24) is 15.0 Å². The van der Waals surface area contributed by atoms with Crippen LogP contribution in [0.3, 0.4) is 0 Å². The molecule has 0 spiro atoms. The summed E-state index contributed by atoms with van der Waals surface area (Å²) in [5.41, 5.74) is 13.4. The standard InChI is InChI=1S/C13H10ClN5O/c14-9-6-7(15)5-8(13(16)20)12(9)19-11-4-2-1-3-10(11)17-18-19/h1-6H,15H2,(H2,16,20). The number of primary amides is 1. The van der Waals surface area contributed by atoms with E-state index in [9.17, 15) is 4.79 Å². The second kappa shape index (κ2) is 4.50. The van der Waals surface area contributed by atoms with Crippen molar-refractivity contribution < 1.29 is 4.79 Å². The first-order valence-corrected chi connectivity index (χ1v) is 6.15. The van der Waals surface area contributed by atoms with E-state index in [1.165, 1.54) is 10.7 Å². The lowest BCUT2D eigenvalue weighted by atomic mass is 10.1. The number of carbonyl (C=O) groups is 1. The van der Waals surface area contributed by atoms with Gasteiger partial charge in [0.05, 0.1) is 21.8 Å². The molecule has 0 aliphatic rings. The zero-order valence-electron chi connectivity index (χ0n) is 10.2. The van der Waals surface area contributed by atoms with E-state index in [1.54, 1.807) is 6.07 Å². The quantitative estimate of drug-likeness (QED) is 0.701. The van der Waals surface area contributed by atoms with Gasteiger partial charge in [0.2, 0.25) is 0 Å². The molecule has 1 aromatic heterocycles. The zero-order chi connectivity index (χ0) is 14.3. The van der Waals surface area contributed by atoms with Gasteiger partial charge in [-0.3, -0.25) is 4.79 Å². The molecule has 100 valence electrons. The van der Waals surface area contributed by atoms with Gasteiger partial charge < -0.3 is 11.5 Å². The van der Waals surface area contributed by atoms with E-state index in [2.05, 4.69) is 10.3 Å². The van der Waals surface area contributed by atoms with Crippen molar-refractivity contribution in [1.29, 1.82) is 0 Å². The Hall–Kier alpha value is -2.60. The predicted octanol–water partition coefficient (Wildman–Crippen LogP) is 1.75. The Balaban J connectivity index is 2.37. The first-order valence-electron chi connectivity index (χ1n) is 5.77. The number of nitrogen functional groups attached to an aromatic ring is 1. The third kappa shape index (κ3) is 1.86. The van der Waals surface area contributed by atoms with Gasteiger partial charge >= 0.3 is 0 Å². The first-order chi connectivity index (χ1) is 9.58. The van der Waals surface area contributed by atoms with Gasteiger partial charge in [-0.1, -0.05) is 28.9 Å². The summed E-state index contributed by atoms with van der Waals surface area (Å²) >= 11 is 6.19. The van der Waals surface area contributed by atoms with Crippen LogP contribution < -0.4 is 11.5 Å². The number of hydrogen-bond acceptors (Lipinski definition) is 4. The fourth-order valence-corrected chi connectivity index (χ4v) is 2.37. The number of carbonyl (C=O) groups excluding carboxylic acids is 1. The zero-order valence-corrected chi connectivity index (χ0v) is 11.0. The topological polar surface area (TPSA) is 99.8 Å². The van der Waals surface area contributed by atoms with E-state index >= 15 is 0 Å². The van der Waals surface area contributed by atoms with Crippen LogP contribution in [0.1, 0.15) is 10.4 Å². The van der Waals surface area contributed by atoms with Crippen LogP contribution in [0.5, 0.6) is 0 Å². The average molecular weight is 288 g/mol. The molecule has 6 nitrogen and oxygen atoms in total. The number of rotatable bonds is 2. The molecule has 1 amide bonds. The number of nitrogens with two attached hydrogens (primary N) is 2. The van der Waals surface area contributed by atoms with Crippen molar-refractivity contribution in [2.24, 2.45) is 5.73 Å². The number of nitrogens with zero attached hydrogens (tertiary/aromatic N) is 3. The number of anilines is 1. The number of halogens is 1. The van der Waals surface area contributed by atoms with Gasteiger partial charge in [0.15, 0.2) is 0 Å².